The van der Waals surface area contributed by atoms with E-state index in [4.69, 9.17) is 22.1 Å². The van der Waals surface area contributed by atoms with E-state index in [2.05, 4.69) is 15.0 Å². The van der Waals surface area contributed by atoms with Gasteiger partial charge in [-0.05, 0) is 72.3 Å². The summed E-state index contributed by atoms with van der Waals surface area (Å²) < 4.78 is 75.7. The van der Waals surface area contributed by atoms with Crippen LogP contribution in [0, 0.1) is 5.92 Å². The van der Waals surface area contributed by atoms with Crippen LogP contribution < -0.4 is 15.8 Å². The third-order valence-electron chi connectivity index (χ3n) is 8.30. The van der Waals surface area contributed by atoms with Gasteiger partial charge in [-0.15, -0.1) is 0 Å². The fourth-order valence-electron chi connectivity index (χ4n) is 5.94. The number of esters is 2. The molecule has 1 aliphatic heterocycles. The van der Waals surface area contributed by atoms with Crippen LogP contribution in [0.25, 0.3) is 10.8 Å². The Bertz CT molecular complexity index is 2060. The van der Waals surface area contributed by atoms with Crippen molar-refractivity contribution in [3.05, 3.63) is 89.1 Å². The molecule has 2 heterocycles. The number of sulfone groups is 1. The van der Waals surface area contributed by atoms with Crippen LogP contribution in [0.3, 0.4) is 0 Å². The van der Waals surface area contributed by atoms with Crippen molar-refractivity contribution in [1.29, 1.82) is 0 Å². The second-order valence-electron chi connectivity index (χ2n) is 11.4. The second-order valence-corrected chi connectivity index (χ2v) is 14.0. The Kier molecular flexibility index (Phi) is 10.6. The molecule has 264 valence electrons. The number of nitrogen functional groups attached to an aromatic ring is 1. The average molecular weight is 733 g/mol. The molecule has 1 aromatic heterocycles. The molecule has 5 rings (SSSR count). The number of benzene rings is 3. The van der Waals surface area contributed by atoms with Crippen LogP contribution in [-0.2, 0) is 29.0 Å². The third-order valence-corrected chi connectivity index (χ3v) is 10.4. The maximum atomic E-state index is 14.8. The first-order valence-corrected chi connectivity index (χ1v) is 17.5. The summed E-state index contributed by atoms with van der Waals surface area (Å²) in [4.78, 5) is 44.8. The standard InChI is InChI=1S/C34H32ClF3N4O7S/c1-3-48-26-18-20(9-12-25(26)35)28(41-21-10-11-22-19(17-21)13-15-40-30(22)39)31(43)42-16-14-24(32(44)49-33(45)34(36,37)38)29(42)23-7-5-6-8-27(23)50(46,47)4-2/h5-13,15,17-18,24,28-29,41H,3-4,14,16H2,1-2H3,(H2,39,40)/t24?,28-,29?/m1/s1. The van der Waals surface area contributed by atoms with Gasteiger partial charge >= 0.3 is 18.1 Å². The molecule has 11 nitrogen and oxygen atoms in total. The van der Waals surface area contributed by atoms with Crippen molar-refractivity contribution in [2.75, 3.05) is 30.0 Å². The number of rotatable bonds is 10. The molecule has 2 unspecified atom stereocenters. The summed E-state index contributed by atoms with van der Waals surface area (Å²) in [6.45, 7) is 3.21. The van der Waals surface area contributed by atoms with E-state index in [0.29, 0.717) is 27.8 Å². The Morgan fingerprint density at radius 1 is 1.08 bits per heavy atom. The number of fused-ring (bicyclic) bond motifs is 1. The number of alkyl halides is 3. The Morgan fingerprint density at radius 3 is 2.52 bits per heavy atom. The smallest absolute Gasteiger partial charge is 0.491 e. The first kappa shape index (κ1) is 36.4. The van der Waals surface area contributed by atoms with E-state index < -0.39 is 51.9 Å². The number of nitrogens with two attached hydrogens (primary N) is 1. The number of nitrogens with zero attached hydrogens (tertiary/aromatic N) is 2. The normalized spacial score (nSPS) is 17.0. The minimum absolute atomic E-state index is 0.0138. The molecular weight excluding hydrogens is 701 g/mol. The molecular formula is C34H32ClF3N4O7S. The van der Waals surface area contributed by atoms with Crippen LogP contribution in [0.2, 0.25) is 5.02 Å². The molecule has 16 heteroatoms. The zero-order valence-electron chi connectivity index (χ0n) is 26.7. The van der Waals surface area contributed by atoms with Crippen LogP contribution in [0.4, 0.5) is 24.7 Å². The SMILES string of the molecule is CCOc1cc([C@@H](Nc2ccc3c(N)nccc3c2)C(=O)N2CCC(C(=O)OC(=O)C(F)(F)F)C2c2ccccc2S(=O)(=O)CC)ccc1Cl. The molecule has 3 atom stereocenters. The molecule has 0 aliphatic carbocycles. The molecule has 4 aromatic rings. The van der Waals surface area contributed by atoms with E-state index in [1.165, 1.54) is 48.4 Å². The van der Waals surface area contributed by atoms with Gasteiger partial charge in [0.05, 0.1) is 34.2 Å². The number of carbonyl (C=O) groups excluding carboxylic acids is 3. The van der Waals surface area contributed by atoms with Crippen molar-refractivity contribution in [3.8, 4) is 5.75 Å². The van der Waals surface area contributed by atoms with Gasteiger partial charge in [0, 0.05) is 23.8 Å². The number of aromatic nitrogens is 1. The van der Waals surface area contributed by atoms with E-state index in [0.717, 1.165) is 0 Å². The highest BCUT2D eigenvalue weighted by atomic mass is 35.5. The van der Waals surface area contributed by atoms with E-state index in [1.807, 2.05) is 0 Å². The van der Waals surface area contributed by atoms with Gasteiger partial charge in [0.15, 0.2) is 9.84 Å². The zero-order chi connectivity index (χ0) is 36.4. The maximum Gasteiger partial charge on any atom is 0.491 e. The van der Waals surface area contributed by atoms with Crippen molar-refractivity contribution >= 4 is 61.6 Å². The first-order valence-electron chi connectivity index (χ1n) is 15.4. The molecule has 0 radical (unpaired) electrons. The summed E-state index contributed by atoms with van der Waals surface area (Å²) in [6, 6.07) is 14.4. The van der Waals surface area contributed by atoms with Gasteiger partial charge in [0.2, 0.25) is 5.91 Å². The van der Waals surface area contributed by atoms with E-state index in [1.54, 1.807) is 43.3 Å². The van der Waals surface area contributed by atoms with Crippen molar-refractivity contribution in [2.45, 2.75) is 43.4 Å². The van der Waals surface area contributed by atoms with Crippen molar-refractivity contribution < 1.29 is 45.4 Å². The monoisotopic (exact) mass is 732 g/mol. The van der Waals surface area contributed by atoms with Crippen molar-refractivity contribution in [1.82, 2.24) is 9.88 Å². The highest BCUT2D eigenvalue weighted by Gasteiger charge is 2.49. The summed E-state index contributed by atoms with van der Waals surface area (Å²) in [7, 11) is -3.97. The third kappa shape index (κ3) is 7.48. The largest absolute Gasteiger partial charge is 0.492 e. The van der Waals surface area contributed by atoms with Crippen LogP contribution in [0.5, 0.6) is 5.75 Å². The molecule has 1 amide bonds. The van der Waals surface area contributed by atoms with Crippen LogP contribution in [0.15, 0.2) is 77.8 Å². The minimum Gasteiger partial charge on any atom is -0.492 e. The van der Waals surface area contributed by atoms with Gasteiger partial charge in [0.1, 0.15) is 17.6 Å². The lowest BCUT2D eigenvalue weighted by molar-refractivity contribution is -0.203. The van der Waals surface area contributed by atoms with Gasteiger partial charge in [-0.25, -0.2) is 18.2 Å². The predicted molar refractivity (Wildman–Crippen MR) is 179 cm³/mol. The number of halogens is 4. The van der Waals surface area contributed by atoms with E-state index in [9.17, 15) is 36.0 Å². The molecule has 3 N–H and O–H groups in total. The maximum absolute atomic E-state index is 14.8. The van der Waals surface area contributed by atoms with Gasteiger partial charge in [-0.2, -0.15) is 13.2 Å². The van der Waals surface area contributed by atoms with Crippen LogP contribution >= 0.6 is 11.6 Å². The Morgan fingerprint density at radius 2 is 1.82 bits per heavy atom. The Balaban J connectivity index is 1.64. The number of carbonyl (C=O) groups is 3. The predicted octanol–water partition coefficient (Wildman–Crippen LogP) is 6.04. The minimum atomic E-state index is -5.47. The van der Waals surface area contributed by atoms with Crippen molar-refractivity contribution in [2.24, 2.45) is 5.92 Å². The van der Waals surface area contributed by atoms with Gasteiger partial charge in [-0.1, -0.05) is 42.8 Å². The molecule has 50 heavy (non-hydrogen) atoms. The highest BCUT2D eigenvalue weighted by molar-refractivity contribution is 7.91. The van der Waals surface area contributed by atoms with E-state index >= 15 is 0 Å². The molecule has 0 spiro atoms. The van der Waals surface area contributed by atoms with Gasteiger partial charge in [-0.3, -0.25) is 9.59 Å². The van der Waals surface area contributed by atoms with E-state index in [-0.39, 0.29) is 46.6 Å². The van der Waals surface area contributed by atoms with Gasteiger partial charge < -0.3 is 25.4 Å². The molecule has 3 aromatic carbocycles. The molecule has 0 bridgehead atoms. The molecule has 1 saturated heterocycles. The number of anilines is 2. The van der Waals surface area contributed by atoms with Crippen LogP contribution in [-0.4, -0.2) is 61.2 Å². The lowest BCUT2D eigenvalue weighted by Crippen LogP contribution is -2.40. The number of ether oxygens (including phenoxy) is 2. The summed E-state index contributed by atoms with van der Waals surface area (Å²) >= 11 is 6.36. The molecule has 1 aliphatic rings. The Hall–Kier alpha value is -4.89. The summed E-state index contributed by atoms with van der Waals surface area (Å²) in [5.74, 6) is -6.25. The van der Waals surface area contributed by atoms with Crippen molar-refractivity contribution in [3.63, 3.8) is 0 Å². The summed E-state index contributed by atoms with van der Waals surface area (Å²) in [5, 5.41) is 4.84. The number of hydrogen-bond acceptors (Lipinski definition) is 10. The first-order chi connectivity index (χ1) is 23.7. The summed E-state index contributed by atoms with van der Waals surface area (Å²) in [5.41, 5.74) is 6.84. The van der Waals surface area contributed by atoms with Crippen LogP contribution in [0.1, 0.15) is 43.5 Å². The number of hydrogen-bond donors (Lipinski definition) is 2. The zero-order valence-corrected chi connectivity index (χ0v) is 28.3. The number of pyridine rings is 1. The quantitative estimate of drug-likeness (QED) is 0.146. The fourth-order valence-corrected chi connectivity index (χ4v) is 7.25. The fraction of sp³-hybridized carbons (Fsp3) is 0.294. The lowest BCUT2D eigenvalue weighted by Gasteiger charge is -2.33. The lowest BCUT2D eigenvalue weighted by atomic mass is 9.93. The van der Waals surface area contributed by atoms with Gasteiger partial charge in [0.25, 0.3) is 0 Å². The number of nitrogens with one attached hydrogen (secondary N) is 1. The summed E-state index contributed by atoms with van der Waals surface area (Å²) in [6.07, 6.45) is -4.18. The number of likely N-dealkylation sites (tertiary alicyclic amines) is 1. The second kappa shape index (κ2) is 14.5. The number of amides is 1. The Labute approximate surface area is 290 Å². The highest BCUT2D eigenvalue weighted by Crippen LogP contribution is 2.43. The molecule has 0 saturated carbocycles. The topological polar surface area (TPSA) is 158 Å². The average Bonchev–Trinajstić information content (AvgIpc) is 3.53. The molecule has 1 fully saturated rings.